The molecule has 1 unspecified atom stereocenters. The van der Waals surface area contributed by atoms with Crippen LogP contribution >= 0.6 is 0 Å². The SMILES string of the molecule is CC#CCOC(C#COC#CCCC)CC. The molecule has 0 saturated carbocycles. The molecular weight excluding hydrogens is 200 g/mol. The smallest absolute Gasteiger partial charge is 0.132 e. The lowest BCUT2D eigenvalue weighted by Gasteiger charge is -2.04. The zero-order chi connectivity index (χ0) is 12.1. The predicted molar refractivity (Wildman–Crippen MR) is 65.0 cm³/mol. The van der Waals surface area contributed by atoms with Crippen LogP contribution < -0.4 is 0 Å². The minimum Gasteiger partial charge on any atom is -0.357 e. The van der Waals surface area contributed by atoms with Gasteiger partial charge in [0.2, 0.25) is 0 Å². The summed E-state index contributed by atoms with van der Waals surface area (Å²) >= 11 is 0. The molecule has 0 aromatic heterocycles. The lowest BCUT2D eigenvalue weighted by molar-refractivity contribution is 0.117. The molecule has 1 atom stereocenters. The van der Waals surface area contributed by atoms with E-state index >= 15 is 0 Å². The van der Waals surface area contributed by atoms with Crippen molar-refractivity contribution in [1.82, 2.24) is 0 Å². The molecule has 0 aliphatic carbocycles. The highest BCUT2D eigenvalue weighted by atomic mass is 16.5. The summed E-state index contributed by atoms with van der Waals surface area (Å²) in [7, 11) is 0. The van der Waals surface area contributed by atoms with Crippen LogP contribution in [0.1, 0.15) is 40.0 Å². The Kier molecular flexibility index (Phi) is 10.4. The van der Waals surface area contributed by atoms with Crippen LogP contribution in [0.5, 0.6) is 0 Å². The standard InChI is InChI=1S/C14H18O2/c1-4-7-9-11-15-13-10-14(6-3)16-12-8-5-2/h14H,4,6-7,12H2,1-3H3. The predicted octanol–water partition coefficient (Wildman–Crippen LogP) is 2.54. The van der Waals surface area contributed by atoms with Crippen molar-refractivity contribution in [3.63, 3.8) is 0 Å². The van der Waals surface area contributed by atoms with Crippen molar-refractivity contribution in [2.75, 3.05) is 6.61 Å². The molecule has 16 heavy (non-hydrogen) atoms. The number of hydrogen-bond donors (Lipinski definition) is 0. The number of hydrogen-bond acceptors (Lipinski definition) is 2. The van der Waals surface area contributed by atoms with Gasteiger partial charge in [-0.1, -0.05) is 25.7 Å². The van der Waals surface area contributed by atoms with Crippen molar-refractivity contribution >= 4 is 0 Å². The molecule has 0 bridgehead atoms. The molecule has 0 amide bonds. The second-order valence-corrected chi connectivity index (χ2v) is 3.01. The van der Waals surface area contributed by atoms with E-state index in [1.807, 2.05) is 6.92 Å². The summed E-state index contributed by atoms with van der Waals surface area (Å²) < 4.78 is 10.2. The third-order valence-corrected chi connectivity index (χ3v) is 1.67. The molecule has 0 aliphatic rings. The van der Waals surface area contributed by atoms with Gasteiger partial charge in [0, 0.05) is 6.42 Å². The van der Waals surface area contributed by atoms with E-state index in [0.29, 0.717) is 6.61 Å². The van der Waals surface area contributed by atoms with Gasteiger partial charge in [-0.25, -0.2) is 0 Å². The minimum atomic E-state index is -0.131. The Morgan fingerprint density at radius 2 is 1.94 bits per heavy atom. The molecule has 0 N–H and O–H groups in total. The molecule has 0 radical (unpaired) electrons. The summed E-state index contributed by atoms with van der Waals surface area (Å²) in [5, 5.41) is 0. The summed E-state index contributed by atoms with van der Waals surface area (Å²) in [5.74, 6) is 11.3. The van der Waals surface area contributed by atoms with Crippen LogP contribution in [0.15, 0.2) is 0 Å². The van der Waals surface area contributed by atoms with Crippen LogP contribution in [0, 0.1) is 35.9 Å². The summed E-state index contributed by atoms with van der Waals surface area (Å²) in [5.41, 5.74) is 0. The quantitative estimate of drug-likeness (QED) is 0.675. The zero-order valence-electron chi connectivity index (χ0n) is 10.2. The van der Waals surface area contributed by atoms with Crippen LogP contribution in [0.4, 0.5) is 0 Å². The molecular formula is C14H18O2. The molecule has 0 heterocycles. The van der Waals surface area contributed by atoms with E-state index in [1.54, 1.807) is 6.92 Å². The van der Waals surface area contributed by atoms with Gasteiger partial charge in [-0.2, -0.15) is 0 Å². The number of ether oxygens (including phenoxy) is 2. The van der Waals surface area contributed by atoms with E-state index in [1.165, 1.54) is 0 Å². The van der Waals surface area contributed by atoms with E-state index in [-0.39, 0.29) is 6.10 Å². The van der Waals surface area contributed by atoms with Crippen molar-refractivity contribution < 1.29 is 9.47 Å². The topological polar surface area (TPSA) is 18.5 Å². The van der Waals surface area contributed by atoms with Crippen molar-refractivity contribution in [2.24, 2.45) is 0 Å². The normalized spacial score (nSPS) is 9.69. The molecule has 0 spiro atoms. The number of rotatable bonds is 4. The molecule has 2 heteroatoms. The fourth-order valence-corrected chi connectivity index (χ4v) is 0.809. The average Bonchev–Trinajstić information content (AvgIpc) is 2.31. The Labute approximate surface area is 98.7 Å². The van der Waals surface area contributed by atoms with Gasteiger partial charge in [0.1, 0.15) is 24.9 Å². The molecule has 0 aromatic rings. The van der Waals surface area contributed by atoms with Gasteiger partial charge in [-0.05, 0) is 25.7 Å². The van der Waals surface area contributed by atoms with Crippen molar-refractivity contribution in [2.45, 2.75) is 46.1 Å². The molecule has 0 aliphatic heterocycles. The third kappa shape index (κ3) is 9.01. The maximum absolute atomic E-state index is 5.38. The van der Waals surface area contributed by atoms with Crippen molar-refractivity contribution in [1.29, 1.82) is 0 Å². The molecule has 0 saturated heterocycles. The molecule has 0 fully saturated rings. The molecule has 86 valence electrons. The number of unbranched alkanes of at least 4 members (excludes halogenated alkanes) is 1. The molecule has 0 aromatic carbocycles. The minimum absolute atomic E-state index is 0.131. The van der Waals surface area contributed by atoms with Crippen LogP contribution in [-0.2, 0) is 9.47 Å². The lowest BCUT2D eigenvalue weighted by atomic mass is 10.3. The first-order valence-electron chi connectivity index (χ1n) is 5.50. The highest BCUT2D eigenvalue weighted by Gasteiger charge is 1.99. The summed E-state index contributed by atoms with van der Waals surface area (Å²) in [4.78, 5) is 0. The van der Waals surface area contributed by atoms with E-state index in [9.17, 15) is 0 Å². The van der Waals surface area contributed by atoms with Gasteiger partial charge >= 0.3 is 0 Å². The average molecular weight is 218 g/mol. The van der Waals surface area contributed by atoms with Crippen LogP contribution in [0.3, 0.4) is 0 Å². The van der Waals surface area contributed by atoms with E-state index < -0.39 is 0 Å². The Morgan fingerprint density at radius 3 is 2.56 bits per heavy atom. The van der Waals surface area contributed by atoms with E-state index in [2.05, 4.69) is 42.8 Å². The second kappa shape index (κ2) is 11.5. The van der Waals surface area contributed by atoms with Crippen molar-refractivity contribution in [3.8, 4) is 35.9 Å². The summed E-state index contributed by atoms with van der Waals surface area (Å²) in [6.45, 7) is 6.26. The lowest BCUT2D eigenvalue weighted by Crippen LogP contribution is -2.09. The Hall–Kier alpha value is -1.56. The molecule has 2 nitrogen and oxygen atoms in total. The van der Waals surface area contributed by atoms with Gasteiger partial charge in [-0.15, -0.1) is 5.92 Å². The fraction of sp³-hybridized carbons (Fsp3) is 0.571. The largest absolute Gasteiger partial charge is 0.357 e. The first-order chi connectivity index (χ1) is 7.85. The summed E-state index contributed by atoms with van der Waals surface area (Å²) in [6.07, 6.45) is 7.59. The maximum Gasteiger partial charge on any atom is 0.132 e. The zero-order valence-corrected chi connectivity index (χ0v) is 10.2. The van der Waals surface area contributed by atoms with Crippen LogP contribution in [-0.4, -0.2) is 12.7 Å². The van der Waals surface area contributed by atoms with Gasteiger partial charge in [-0.3, -0.25) is 0 Å². The van der Waals surface area contributed by atoms with Crippen LogP contribution in [0.25, 0.3) is 0 Å². The Morgan fingerprint density at radius 1 is 1.12 bits per heavy atom. The highest BCUT2D eigenvalue weighted by Crippen LogP contribution is 1.95. The fourth-order valence-electron chi connectivity index (χ4n) is 0.809. The van der Waals surface area contributed by atoms with E-state index in [4.69, 9.17) is 9.47 Å². The monoisotopic (exact) mass is 218 g/mol. The maximum atomic E-state index is 5.38. The van der Waals surface area contributed by atoms with Crippen molar-refractivity contribution in [3.05, 3.63) is 0 Å². The van der Waals surface area contributed by atoms with Crippen LogP contribution in [0.2, 0.25) is 0 Å². The van der Waals surface area contributed by atoms with Gasteiger partial charge in [0.05, 0.1) is 0 Å². The van der Waals surface area contributed by atoms with Gasteiger partial charge < -0.3 is 9.47 Å². The van der Waals surface area contributed by atoms with E-state index in [0.717, 1.165) is 19.3 Å². The van der Waals surface area contributed by atoms with Gasteiger partial charge in [0.15, 0.2) is 0 Å². The first kappa shape index (κ1) is 14.4. The highest BCUT2D eigenvalue weighted by molar-refractivity contribution is 5.04. The third-order valence-electron chi connectivity index (χ3n) is 1.67. The first-order valence-corrected chi connectivity index (χ1v) is 5.50. The molecule has 0 rings (SSSR count). The Balaban J connectivity index is 3.87. The Bertz CT molecular complexity index is 338. The van der Waals surface area contributed by atoms with Gasteiger partial charge in [0.25, 0.3) is 0 Å². The summed E-state index contributed by atoms with van der Waals surface area (Å²) in [6, 6.07) is 0. The second-order valence-electron chi connectivity index (χ2n) is 3.01.